The highest BCUT2D eigenvalue weighted by molar-refractivity contribution is 5.36. The second-order valence-electron chi connectivity index (χ2n) is 4.12. The molecule has 1 aromatic carbocycles. The molecule has 0 fully saturated rings. The van der Waals surface area contributed by atoms with Crippen LogP contribution < -0.4 is 5.32 Å². The summed E-state index contributed by atoms with van der Waals surface area (Å²) >= 11 is 0. The van der Waals surface area contributed by atoms with E-state index in [0.29, 0.717) is 0 Å². The summed E-state index contributed by atoms with van der Waals surface area (Å²) in [7, 11) is 0. The molecule has 1 heteroatoms. The van der Waals surface area contributed by atoms with Gasteiger partial charge in [-0.25, -0.2) is 0 Å². The van der Waals surface area contributed by atoms with Gasteiger partial charge in [0.1, 0.15) is 0 Å². The van der Waals surface area contributed by atoms with E-state index >= 15 is 0 Å². The molecule has 1 aliphatic heterocycles. The molecule has 1 N–H and O–H groups in total. The molecule has 0 spiro atoms. The van der Waals surface area contributed by atoms with Gasteiger partial charge in [-0.15, -0.1) is 0 Å². The van der Waals surface area contributed by atoms with Gasteiger partial charge in [0.2, 0.25) is 0 Å². The van der Waals surface area contributed by atoms with Crippen molar-refractivity contribution in [2.45, 2.75) is 39.2 Å². The van der Waals surface area contributed by atoms with E-state index in [1.165, 1.54) is 17.5 Å². The number of benzene rings is 1. The summed E-state index contributed by atoms with van der Waals surface area (Å²) in [6.45, 7) is 6.69. The quantitative estimate of drug-likeness (QED) is 0.754. The SMILES string of the molecule is CCc1ccc2c(c1)CNCC2CC. The molecule has 1 aliphatic rings. The summed E-state index contributed by atoms with van der Waals surface area (Å²) in [6, 6.07) is 6.99. The van der Waals surface area contributed by atoms with E-state index in [4.69, 9.17) is 0 Å². The highest BCUT2D eigenvalue weighted by atomic mass is 14.9. The number of aryl methyl sites for hydroxylation is 1. The van der Waals surface area contributed by atoms with Gasteiger partial charge in [-0.05, 0) is 35.4 Å². The lowest BCUT2D eigenvalue weighted by Gasteiger charge is -2.26. The van der Waals surface area contributed by atoms with Crippen LogP contribution in [0.4, 0.5) is 0 Å². The zero-order valence-corrected chi connectivity index (χ0v) is 9.14. The molecular formula is C13H19N. The van der Waals surface area contributed by atoms with Gasteiger partial charge in [-0.3, -0.25) is 0 Å². The summed E-state index contributed by atoms with van der Waals surface area (Å²) in [5.74, 6) is 0.727. The third kappa shape index (κ3) is 1.69. The molecule has 1 unspecified atom stereocenters. The molecule has 1 aromatic rings. The van der Waals surface area contributed by atoms with E-state index in [-0.39, 0.29) is 0 Å². The Labute approximate surface area is 86.5 Å². The second-order valence-corrected chi connectivity index (χ2v) is 4.12. The summed E-state index contributed by atoms with van der Waals surface area (Å²) in [5.41, 5.74) is 4.55. The first kappa shape index (κ1) is 9.72. The maximum absolute atomic E-state index is 3.49. The topological polar surface area (TPSA) is 12.0 Å². The van der Waals surface area contributed by atoms with E-state index in [1.54, 1.807) is 5.56 Å². The van der Waals surface area contributed by atoms with Crippen LogP contribution in [0.25, 0.3) is 0 Å². The molecule has 14 heavy (non-hydrogen) atoms. The normalized spacial score (nSPS) is 20.6. The average Bonchev–Trinajstić information content (AvgIpc) is 2.27. The van der Waals surface area contributed by atoms with Crippen molar-refractivity contribution in [2.24, 2.45) is 0 Å². The molecule has 0 radical (unpaired) electrons. The van der Waals surface area contributed by atoms with Gasteiger partial charge in [0.05, 0.1) is 0 Å². The van der Waals surface area contributed by atoms with Crippen LogP contribution in [-0.4, -0.2) is 6.54 Å². The summed E-state index contributed by atoms with van der Waals surface area (Å²) in [5, 5.41) is 3.49. The molecule has 0 amide bonds. The van der Waals surface area contributed by atoms with E-state index in [9.17, 15) is 0 Å². The minimum atomic E-state index is 0.727. The molecule has 1 heterocycles. The largest absolute Gasteiger partial charge is 0.312 e. The van der Waals surface area contributed by atoms with E-state index in [1.807, 2.05) is 0 Å². The average molecular weight is 189 g/mol. The predicted octanol–water partition coefficient (Wildman–Crippen LogP) is 2.85. The zero-order chi connectivity index (χ0) is 9.97. The zero-order valence-electron chi connectivity index (χ0n) is 9.14. The third-order valence-electron chi connectivity index (χ3n) is 3.25. The van der Waals surface area contributed by atoms with Crippen LogP contribution in [0.15, 0.2) is 18.2 Å². The predicted molar refractivity (Wildman–Crippen MR) is 60.6 cm³/mol. The van der Waals surface area contributed by atoms with Crippen molar-refractivity contribution < 1.29 is 0 Å². The lowest BCUT2D eigenvalue weighted by atomic mass is 9.88. The maximum atomic E-state index is 3.49. The number of rotatable bonds is 2. The fourth-order valence-corrected chi connectivity index (χ4v) is 2.29. The van der Waals surface area contributed by atoms with Crippen molar-refractivity contribution >= 4 is 0 Å². The summed E-state index contributed by atoms with van der Waals surface area (Å²) < 4.78 is 0. The van der Waals surface area contributed by atoms with E-state index in [0.717, 1.165) is 25.4 Å². The van der Waals surface area contributed by atoms with Gasteiger partial charge in [-0.2, -0.15) is 0 Å². The van der Waals surface area contributed by atoms with Crippen molar-refractivity contribution in [3.63, 3.8) is 0 Å². The van der Waals surface area contributed by atoms with Gasteiger partial charge in [0.25, 0.3) is 0 Å². The first-order chi connectivity index (χ1) is 6.85. The minimum absolute atomic E-state index is 0.727. The van der Waals surface area contributed by atoms with E-state index < -0.39 is 0 Å². The lowest BCUT2D eigenvalue weighted by molar-refractivity contribution is 0.530. The van der Waals surface area contributed by atoms with Crippen LogP contribution in [0.5, 0.6) is 0 Å². The number of fused-ring (bicyclic) bond motifs is 1. The molecule has 0 aromatic heterocycles. The van der Waals surface area contributed by atoms with Crippen LogP contribution in [-0.2, 0) is 13.0 Å². The molecule has 0 saturated carbocycles. The molecule has 2 rings (SSSR count). The lowest BCUT2D eigenvalue weighted by Crippen LogP contribution is -2.27. The van der Waals surface area contributed by atoms with Gasteiger partial charge < -0.3 is 5.32 Å². The molecular weight excluding hydrogens is 170 g/mol. The fourth-order valence-electron chi connectivity index (χ4n) is 2.29. The number of nitrogens with one attached hydrogen (secondary N) is 1. The van der Waals surface area contributed by atoms with Gasteiger partial charge >= 0.3 is 0 Å². The van der Waals surface area contributed by atoms with Crippen molar-refractivity contribution in [1.82, 2.24) is 5.32 Å². The van der Waals surface area contributed by atoms with Crippen LogP contribution in [0.1, 0.15) is 42.9 Å². The van der Waals surface area contributed by atoms with Crippen LogP contribution in [0.2, 0.25) is 0 Å². The Morgan fingerprint density at radius 2 is 2.21 bits per heavy atom. The Kier molecular flexibility index (Phi) is 2.87. The van der Waals surface area contributed by atoms with E-state index in [2.05, 4.69) is 37.4 Å². The van der Waals surface area contributed by atoms with Gasteiger partial charge in [0.15, 0.2) is 0 Å². The summed E-state index contributed by atoms with van der Waals surface area (Å²) in [4.78, 5) is 0. The van der Waals surface area contributed by atoms with Crippen molar-refractivity contribution in [1.29, 1.82) is 0 Å². The third-order valence-corrected chi connectivity index (χ3v) is 3.25. The first-order valence-electron chi connectivity index (χ1n) is 5.67. The standard InChI is InChI=1S/C13H19N/c1-3-10-5-6-13-11(4-2)8-14-9-12(13)7-10/h5-7,11,14H,3-4,8-9H2,1-2H3. The Morgan fingerprint density at radius 1 is 1.36 bits per heavy atom. The van der Waals surface area contributed by atoms with Crippen LogP contribution in [0, 0.1) is 0 Å². The molecule has 1 atom stereocenters. The number of hydrogen-bond donors (Lipinski definition) is 1. The van der Waals surface area contributed by atoms with Crippen molar-refractivity contribution in [3.05, 3.63) is 34.9 Å². The molecule has 0 aliphatic carbocycles. The highest BCUT2D eigenvalue weighted by Gasteiger charge is 2.17. The van der Waals surface area contributed by atoms with Crippen LogP contribution in [0.3, 0.4) is 0 Å². The summed E-state index contributed by atoms with van der Waals surface area (Å²) in [6.07, 6.45) is 2.38. The monoisotopic (exact) mass is 189 g/mol. The fraction of sp³-hybridized carbons (Fsp3) is 0.538. The van der Waals surface area contributed by atoms with Gasteiger partial charge in [0, 0.05) is 13.1 Å². The first-order valence-corrected chi connectivity index (χ1v) is 5.67. The second kappa shape index (κ2) is 4.14. The smallest absolute Gasteiger partial charge is 0.0208 e. The Hall–Kier alpha value is -0.820. The highest BCUT2D eigenvalue weighted by Crippen LogP contribution is 2.27. The van der Waals surface area contributed by atoms with Gasteiger partial charge in [-0.1, -0.05) is 32.0 Å². The molecule has 1 nitrogen and oxygen atoms in total. The Bertz CT molecular complexity index is 317. The minimum Gasteiger partial charge on any atom is -0.312 e. The molecule has 0 bridgehead atoms. The Balaban J connectivity index is 2.35. The van der Waals surface area contributed by atoms with Crippen molar-refractivity contribution in [3.8, 4) is 0 Å². The van der Waals surface area contributed by atoms with Crippen molar-refractivity contribution in [2.75, 3.05) is 6.54 Å². The number of hydrogen-bond acceptors (Lipinski definition) is 1. The molecule has 0 saturated heterocycles. The Morgan fingerprint density at radius 3 is 2.93 bits per heavy atom. The van der Waals surface area contributed by atoms with Crippen LogP contribution >= 0.6 is 0 Å². The molecule has 76 valence electrons. The maximum Gasteiger partial charge on any atom is 0.0208 e.